The van der Waals surface area contributed by atoms with E-state index in [-0.39, 0.29) is 22.1 Å². The molecule has 12 heteroatoms. The van der Waals surface area contributed by atoms with Gasteiger partial charge in [0.05, 0.1) is 29.4 Å². The van der Waals surface area contributed by atoms with Gasteiger partial charge in [-0.1, -0.05) is 23.9 Å². The molecular weight excluding hydrogens is 428 g/mol. The van der Waals surface area contributed by atoms with Gasteiger partial charge in [-0.2, -0.15) is 4.31 Å². The molecule has 10 nitrogen and oxygen atoms in total. The van der Waals surface area contributed by atoms with Crippen molar-refractivity contribution in [2.45, 2.75) is 42.9 Å². The molecule has 0 saturated carbocycles. The fourth-order valence-electron chi connectivity index (χ4n) is 2.79. The lowest BCUT2D eigenvalue weighted by Crippen LogP contribution is -2.40. The monoisotopic (exact) mass is 454 g/mol. The van der Waals surface area contributed by atoms with Gasteiger partial charge in [0.2, 0.25) is 21.1 Å². The van der Waals surface area contributed by atoms with Crippen molar-refractivity contribution < 1.29 is 17.9 Å². The molecule has 1 aromatic carbocycles. The molecule has 1 N–H and O–H groups in total. The highest BCUT2D eigenvalue weighted by Gasteiger charge is 2.26. The summed E-state index contributed by atoms with van der Waals surface area (Å²) in [6.07, 6.45) is 0. The third-order valence-corrected chi connectivity index (χ3v) is 7.26. The SMILES string of the molecule is CC(C)(C)n1nnnc1SCC(=O)NCc1ccc(S(=O)(=O)N2CCOCC2)cc1. The van der Waals surface area contributed by atoms with Gasteiger partial charge in [0.25, 0.3) is 0 Å². The molecule has 0 bridgehead atoms. The van der Waals surface area contributed by atoms with E-state index in [1.807, 2.05) is 20.8 Å². The van der Waals surface area contributed by atoms with E-state index < -0.39 is 10.0 Å². The predicted molar refractivity (Wildman–Crippen MR) is 111 cm³/mol. The lowest BCUT2D eigenvalue weighted by molar-refractivity contribution is -0.118. The van der Waals surface area contributed by atoms with Crippen LogP contribution < -0.4 is 5.32 Å². The second-order valence-corrected chi connectivity index (χ2v) is 10.7. The number of ether oxygens (including phenoxy) is 1. The summed E-state index contributed by atoms with van der Waals surface area (Å²) < 4.78 is 33.6. The zero-order chi connectivity index (χ0) is 21.8. The van der Waals surface area contributed by atoms with Crippen LogP contribution in [0.2, 0.25) is 0 Å². The van der Waals surface area contributed by atoms with Crippen LogP contribution in [0.5, 0.6) is 0 Å². The van der Waals surface area contributed by atoms with Crippen LogP contribution in [0.4, 0.5) is 0 Å². The molecule has 1 aliphatic heterocycles. The summed E-state index contributed by atoms with van der Waals surface area (Å²) in [6.45, 7) is 7.78. The van der Waals surface area contributed by atoms with Gasteiger partial charge in [-0.25, -0.2) is 13.1 Å². The number of hydrogen-bond donors (Lipinski definition) is 1. The quantitative estimate of drug-likeness (QED) is 0.612. The molecule has 2 aromatic rings. The van der Waals surface area contributed by atoms with Crippen LogP contribution in [0.3, 0.4) is 0 Å². The van der Waals surface area contributed by atoms with Gasteiger partial charge in [0.1, 0.15) is 0 Å². The van der Waals surface area contributed by atoms with Crippen molar-refractivity contribution in [1.29, 1.82) is 0 Å². The second-order valence-electron chi connectivity index (χ2n) is 7.77. The summed E-state index contributed by atoms with van der Waals surface area (Å²) >= 11 is 1.27. The van der Waals surface area contributed by atoms with Crippen molar-refractivity contribution in [3.05, 3.63) is 29.8 Å². The molecule has 0 atom stereocenters. The maximum Gasteiger partial charge on any atom is 0.243 e. The fourth-order valence-corrected chi connectivity index (χ4v) is 5.08. The average Bonchev–Trinajstić information content (AvgIpc) is 3.21. The van der Waals surface area contributed by atoms with Crippen LogP contribution in [-0.2, 0) is 31.6 Å². The van der Waals surface area contributed by atoms with Crippen molar-refractivity contribution in [2.24, 2.45) is 0 Å². The Morgan fingerprint density at radius 1 is 1.20 bits per heavy atom. The first-order valence-electron chi connectivity index (χ1n) is 9.53. The summed E-state index contributed by atoms with van der Waals surface area (Å²) in [4.78, 5) is 12.4. The number of aromatic nitrogens is 4. The predicted octanol–water partition coefficient (Wildman–Crippen LogP) is 0.858. The number of carbonyl (C=O) groups excluding carboxylic acids is 1. The van der Waals surface area contributed by atoms with E-state index in [0.29, 0.717) is 38.0 Å². The molecule has 1 amide bonds. The molecule has 2 heterocycles. The smallest absolute Gasteiger partial charge is 0.243 e. The number of hydrogen-bond acceptors (Lipinski definition) is 8. The highest BCUT2D eigenvalue weighted by atomic mass is 32.2. The number of tetrazole rings is 1. The Hall–Kier alpha value is -2.02. The number of benzene rings is 1. The van der Waals surface area contributed by atoms with Gasteiger partial charge in [0.15, 0.2) is 0 Å². The molecule has 0 radical (unpaired) electrons. The zero-order valence-corrected chi connectivity index (χ0v) is 18.9. The number of rotatable bonds is 7. The number of carbonyl (C=O) groups is 1. The number of nitrogens with zero attached hydrogens (tertiary/aromatic N) is 5. The first kappa shape index (κ1) is 22.7. The van der Waals surface area contributed by atoms with Crippen molar-refractivity contribution in [1.82, 2.24) is 29.8 Å². The molecule has 30 heavy (non-hydrogen) atoms. The van der Waals surface area contributed by atoms with Gasteiger partial charge in [-0.3, -0.25) is 4.79 Å². The van der Waals surface area contributed by atoms with Crippen molar-refractivity contribution >= 4 is 27.7 Å². The Morgan fingerprint density at radius 2 is 1.87 bits per heavy atom. The first-order chi connectivity index (χ1) is 14.2. The number of thioether (sulfide) groups is 1. The molecular formula is C18H26N6O4S2. The third-order valence-electron chi connectivity index (χ3n) is 4.43. The van der Waals surface area contributed by atoms with Crippen LogP contribution in [-0.4, -0.2) is 70.9 Å². The third kappa shape index (κ3) is 5.56. The van der Waals surface area contributed by atoms with Crippen LogP contribution in [0.1, 0.15) is 26.3 Å². The molecule has 1 aliphatic rings. The molecule has 0 aliphatic carbocycles. The van der Waals surface area contributed by atoms with Crippen molar-refractivity contribution in [3.63, 3.8) is 0 Å². The second kappa shape index (κ2) is 9.41. The highest BCUT2D eigenvalue weighted by Crippen LogP contribution is 2.21. The van der Waals surface area contributed by atoms with E-state index >= 15 is 0 Å². The Morgan fingerprint density at radius 3 is 2.50 bits per heavy atom. The number of sulfonamides is 1. The Bertz CT molecular complexity index is 963. The van der Waals surface area contributed by atoms with Gasteiger partial charge in [-0.15, -0.1) is 5.10 Å². The van der Waals surface area contributed by atoms with Crippen LogP contribution in [0, 0.1) is 0 Å². The minimum absolute atomic E-state index is 0.159. The Kier molecular flexibility index (Phi) is 7.11. The van der Waals surface area contributed by atoms with E-state index in [1.165, 1.54) is 16.1 Å². The van der Waals surface area contributed by atoms with E-state index in [2.05, 4.69) is 20.8 Å². The molecule has 1 saturated heterocycles. The summed E-state index contributed by atoms with van der Waals surface area (Å²) in [5.41, 5.74) is 0.541. The average molecular weight is 455 g/mol. The van der Waals surface area contributed by atoms with Crippen molar-refractivity contribution in [3.8, 4) is 0 Å². The van der Waals surface area contributed by atoms with E-state index in [9.17, 15) is 13.2 Å². The highest BCUT2D eigenvalue weighted by molar-refractivity contribution is 7.99. The standard InChI is InChI=1S/C18H26N6O4S2/c1-18(2,3)24-17(20-21-22-24)29-13-16(25)19-12-14-4-6-15(7-5-14)30(26,27)23-8-10-28-11-9-23/h4-7H,8-13H2,1-3H3,(H,19,25). The molecule has 1 aromatic heterocycles. The van der Waals surface area contributed by atoms with Gasteiger partial charge in [-0.05, 0) is 48.9 Å². The molecule has 0 spiro atoms. The van der Waals surface area contributed by atoms with Gasteiger partial charge in [0, 0.05) is 19.6 Å². The maximum absolute atomic E-state index is 12.6. The minimum Gasteiger partial charge on any atom is -0.379 e. The summed E-state index contributed by atoms with van der Waals surface area (Å²) in [5, 5.41) is 15.0. The van der Waals surface area contributed by atoms with Crippen molar-refractivity contribution in [2.75, 3.05) is 32.1 Å². The fraction of sp³-hybridized carbons (Fsp3) is 0.556. The summed E-state index contributed by atoms with van der Waals surface area (Å²) in [5.74, 6) is 0.0217. The molecule has 3 rings (SSSR count). The molecule has 0 unspecified atom stereocenters. The largest absolute Gasteiger partial charge is 0.379 e. The minimum atomic E-state index is -3.52. The lowest BCUT2D eigenvalue weighted by Gasteiger charge is -2.26. The Balaban J connectivity index is 1.51. The van der Waals surface area contributed by atoms with Crippen LogP contribution >= 0.6 is 11.8 Å². The van der Waals surface area contributed by atoms with Crippen LogP contribution in [0.25, 0.3) is 0 Å². The number of nitrogens with one attached hydrogen (secondary N) is 1. The van der Waals surface area contributed by atoms with Crippen LogP contribution in [0.15, 0.2) is 34.3 Å². The van der Waals surface area contributed by atoms with E-state index in [4.69, 9.17) is 4.74 Å². The zero-order valence-electron chi connectivity index (χ0n) is 17.2. The maximum atomic E-state index is 12.6. The van der Waals surface area contributed by atoms with Gasteiger partial charge < -0.3 is 10.1 Å². The summed E-state index contributed by atoms with van der Waals surface area (Å²) in [6, 6.07) is 6.55. The Labute approximate surface area is 180 Å². The topological polar surface area (TPSA) is 119 Å². The first-order valence-corrected chi connectivity index (χ1v) is 12.0. The normalized spacial score (nSPS) is 15.8. The van der Waals surface area contributed by atoms with E-state index in [0.717, 1.165) is 5.56 Å². The number of amides is 1. The molecule has 164 valence electrons. The number of morpholine rings is 1. The molecule has 1 fully saturated rings. The lowest BCUT2D eigenvalue weighted by atomic mass is 10.1. The van der Waals surface area contributed by atoms with E-state index in [1.54, 1.807) is 28.9 Å². The van der Waals surface area contributed by atoms with Gasteiger partial charge >= 0.3 is 0 Å². The summed E-state index contributed by atoms with van der Waals surface area (Å²) in [7, 11) is -3.52.